The molecule has 1 aromatic rings. The third-order valence-corrected chi connectivity index (χ3v) is 5.19. The van der Waals surface area contributed by atoms with Crippen LogP contribution in [-0.2, 0) is 11.2 Å². The highest BCUT2D eigenvalue weighted by molar-refractivity contribution is 7.11. The van der Waals surface area contributed by atoms with Crippen LogP contribution in [0.4, 0.5) is 0 Å². The monoisotopic (exact) mass is 281 g/mol. The molecule has 1 aliphatic carbocycles. The zero-order valence-corrected chi connectivity index (χ0v) is 12.6. The van der Waals surface area contributed by atoms with Crippen LogP contribution in [0, 0.1) is 0 Å². The number of morpholine rings is 1. The van der Waals surface area contributed by atoms with E-state index in [0.717, 1.165) is 26.2 Å². The van der Waals surface area contributed by atoms with E-state index in [1.165, 1.54) is 34.8 Å². The molecule has 1 aliphatic heterocycles. The molecule has 0 aromatic carbocycles. The molecule has 106 valence electrons. The van der Waals surface area contributed by atoms with Crippen molar-refractivity contribution in [2.24, 2.45) is 0 Å². The Morgan fingerprint density at radius 3 is 3.21 bits per heavy atom. The van der Waals surface area contributed by atoms with Crippen molar-refractivity contribution < 1.29 is 4.74 Å². The molecule has 2 aliphatic rings. The predicted molar refractivity (Wildman–Crippen MR) is 77.7 cm³/mol. The van der Waals surface area contributed by atoms with Crippen LogP contribution in [0.3, 0.4) is 0 Å². The van der Waals surface area contributed by atoms with Crippen molar-refractivity contribution in [2.45, 2.75) is 38.3 Å². The van der Waals surface area contributed by atoms with Gasteiger partial charge in [-0.25, -0.2) is 4.98 Å². The third-order valence-electron chi connectivity index (χ3n) is 3.97. The lowest BCUT2D eigenvalue weighted by atomic mass is 9.98. The van der Waals surface area contributed by atoms with Crippen LogP contribution in [0.15, 0.2) is 0 Å². The number of thiazole rings is 1. The second-order valence-corrected chi connectivity index (χ2v) is 6.60. The van der Waals surface area contributed by atoms with Crippen molar-refractivity contribution in [3.8, 4) is 0 Å². The molecule has 1 fully saturated rings. The molecule has 0 radical (unpaired) electrons. The van der Waals surface area contributed by atoms with Gasteiger partial charge in [-0.2, -0.15) is 0 Å². The van der Waals surface area contributed by atoms with Crippen molar-refractivity contribution in [1.82, 2.24) is 15.2 Å². The number of nitrogens with one attached hydrogen (secondary N) is 1. The van der Waals surface area contributed by atoms with Gasteiger partial charge in [-0.15, -0.1) is 11.3 Å². The highest BCUT2D eigenvalue weighted by atomic mass is 32.1. The summed E-state index contributed by atoms with van der Waals surface area (Å²) in [5.41, 5.74) is 1.30. The first-order valence-electron chi connectivity index (χ1n) is 7.31. The number of aryl methyl sites for hydroxylation is 1. The zero-order valence-electron chi connectivity index (χ0n) is 11.8. The number of hydrogen-bond acceptors (Lipinski definition) is 5. The summed E-state index contributed by atoms with van der Waals surface area (Å²) in [5.74, 6) is 0. The van der Waals surface area contributed by atoms with E-state index < -0.39 is 0 Å². The number of nitrogens with zero attached hydrogens (tertiary/aromatic N) is 2. The molecule has 0 amide bonds. The molecule has 4 nitrogen and oxygen atoms in total. The summed E-state index contributed by atoms with van der Waals surface area (Å²) in [6, 6.07) is 0.458. The second kappa shape index (κ2) is 5.87. The SMILES string of the molecule is CCNC1CCCc2sc(C3CN(C)CCO3)nc21. The Hall–Kier alpha value is -0.490. The van der Waals surface area contributed by atoms with E-state index in [4.69, 9.17) is 9.72 Å². The molecule has 1 saturated heterocycles. The fourth-order valence-corrected chi connectivity index (χ4v) is 4.16. The maximum absolute atomic E-state index is 5.89. The number of fused-ring (bicyclic) bond motifs is 1. The van der Waals surface area contributed by atoms with Crippen molar-refractivity contribution in [3.63, 3.8) is 0 Å². The first-order chi connectivity index (χ1) is 9.28. The molecule has 2 unspecified atom stereocenters. The molecule has 0 saturated carbocycles. The highest BCUT2D eigenvalue weighted by Crippen LogP contribution is 2.36. The molecular weight excluding hydrogens is 258 g/mol. The van der Waals surface area contributed by atoms with Gasteiger partial charge < -0.3 is 15.0 Å². The van der Waals surface area contributed by atoms with E-state index in [1.54, 1.807) is 0 Å². The Bertz CT molecular complexity index is 434. The minimum atomic E-state index is 0.177. The van der Waals surface area contributed by atoms with Crippen LogP contribution >= 0.6 is 11.3 Å². The molecule has 2 atom stereocenters. The summed E-state index contributed by atoms with van der Waals surface area (Å²) in [4.78, 5) is 8.72. The normalized spacial score (nSPS) is 28.3. The van der Waals surface area contributed by atoms with Gasteiger partial charge in [-0.3, -0.25) is 0 Å². The lowest BCUT2D eigenvalue weighted by molar-refractivity contribution is -0.0210. The van der Waals surface area contributed by atoms with Gasteiger partial charge in [0.25, 0.3) is 0 Å². The summed E-state index contributed by atoms with van der Waals surface area (Å²) in [6.07, 6.45) is 3.86. The smallest absolute Gasteiger partial charge is 0.123 e. The van der Waals surface area contributed by atoms with Gasteiger partial charge in [0.15, 0.2) is 0 Å². The number of aromatic nitrogens is 1. The zero-order chi connectivity index (χ0) is 13.2. The lowest BCUT2D eigenvalue weighted by Crippen LogP contribution is -2.35. The molecular formula is C14H23N3OS. The summed E-state index contributed by atoms with van der Waals surface area (Å²) in [6.45, 7) is 6.00. The number of likely N-dealkylation sites (N-methyl/N-ethyl adjacent to an activating group) is 1. The van der Waals surface area contributed by atoms with Gasteiger partial charge in [0.05, 0.1) is 18.3 Å². The quantitative estimate of drug-likeness (QED) is 0.921. The van der Waals surface area contributed by atoms with Crippen molar-refractivity contribution in [3.05, 3.63) is 15.6 Å². The standard InChI is InChI=1S/C14H23N3OS/c1-3-15-10-5-4-6-12-13(10)16-14(19-12)11-9-17(2)7-8-18-11/h10-11,15H,3-9H2,1-2H3. The van der Waals surface area contributed by atoms with E-state index in [1.807, 2.05) is 11.3 Å². The second-order valence-electron chi connectivity index (χ2n) is 5.48. The largest absolute Gasteiger partial charge is 0.368 e. The molecule has 19 heavy (non-hydrogen) atoms. The summed E-state index contributed by atoms with van der Waals surface area (Å²) in [5, 5.41) is 4.74. The predicted octanol–water partition coefficient (Wildman–Crippen LogP) is 2.13. The van der Waals surface area contributed by atoms with Gasteiger partial charge >= 0.3 is 0 Å². The van der Waals surface area contributed by atoms with Crippen LogP contribution in [0.1, 0.15) is 47.5 Å². The lowest BCUT2D eigenvalue weighted by Gasteiger charge is -2.28. The average molecular weight is 281 g/mol. The van der Waals surface area contributed by atoms with Gasteiger partial charge in [0.2, 0.25) is 0 Å². The average Bonchev–Trinajstić information content (AvgIpc) is 2.84. The van der Waals surface area contributed by atoms with Gasteiger partial charge in [-0.05, 0) is 32.9 Å². The Kier molecular flexibility index (Phi) is 4.17. The molecule has 5 heteroatoms. The van der Waals surface area contributed by atoms with E-state index in [2.05, 4.69) is 24.2 Å². The molecule has 0 bridgehead atoms. The Balaban J connectivity index is 1.80. The van der Waals surface area contributed by atoms with E-state index >= 15 is 0 Å². The van der Waals surface area contributed by atoms with Crippen LogP contribution in [-0.4, -0.2) is 43.2 Å². The highest BCUT2D eigenvalue weighted by Gasteiger charge is 2.28. The molecule has 0 spiro atoms. The topological polar surface area (TPSA) is 37.4 Å². The molecule has 3 rings (SSSR count). The first-order valence-corrected chi connectivity index (χ1v) is 8.12. The van der Waals surface area contributed by atoms with Crippen molar-refractivity contribution >= 4 is 11.3 Å². The van der Waals surface area contributed by atoms with Crippen LogP contribution in [0.25, 0.3) is 0 Å². The number of ether oxygens (including phenoxy) is 1. The van der Waals surface area contributed by atoms with Gasteiger partial charge in [0, 0.05) is 18.0 Å². The maximum atomic E-state index is 5.89. The van der Waals surface area contributed by atoms with E-state index in [9.17, 15) is 0 Å². The summed E-state index contributed by atoms with van der Waals surface area (Å²) in [7, 11) is 2.16. The van der Waals surface area contributed by atoms with Crippen LogP contribution in [0.5, 0.6) is 0 Å². The van der Waals surface area contributed by atoms with Gasteiger partial charge in [0.1, 0.15) is 11.1 Å². The third kappa shape index (κ3) is 2.84. The Labute approximate surface area is 119 Å². The molecule has 2 heterocycles. The maximum Gasteiger partial charge on any atom is 0.123 e. The number of hydrogen-bond donors (Lipinski definition) is 1. The van der Waals surface area contributed by atoms with E-state index in [0.29, 0.717) is 6.04 Å². The fraction of sp³-hybridized carbons (Fsp3) is 0.786. The molecule has 1 N–H and O–H groups in total. The first kappa shape index (κ1) is 13.5. The van der Waals surface area contributed by atoms with Crippen molar-refractivity contribution in [2.75, 3.05) is 33.3 Å². The number of rotatable bonds is 3. The molecule has 1 aromatic heterocycles. The van der Waals surface area contributed by atoms with Crippen molar-refractivity contribution in [1.29, 1.82) is 0 Å². The summed E-state index contributed by atoms with van der Waals surface area (Å²) < 4.78 is 5.89. The van der Waals surface area contributed by atoms with Crippen LogP contribution in [0.2, 0.25) is 0 Å². The minimum absolute atomic E-state index is 0.177. The van der Waals surface area contributed by atoms with Gasteiger partial charge in [-0.1, -0.05) is 6.92 Å². The summed E-state index contributed by atoms with van der Waals surface area (Å²) >= 11 is 1.87. The van der Waals surface area contributed by atoms with E-state index in [-0.39, 0.29) is 6.10 Å². The minimum Gasteiger partial charge on any atom is -0.368 e. The fourth-order valence-electron chi connectivity index (χ4n) is 2.95. The Morgan fingerprint density at radius 2 is 2.42 bits per heavy atom. The Morgan fingerprint density at radius 1 is 1.53 bits per heavy atom. The van der Waals surface area contributed by atoms with Crippen LogP contribution < -0.4 is 5.32 Å².